The van der Waals surface area contributed by atoms with Crippen LogP contribution < -0.4 is 11.3 Å². The monoisotopic (exact) mass is 117 g/mol. The lowest BCUT2D eigenvalue weighted by Crippen LogP contribution is -2.43. The smallest absolute Gasteiger partial charge is 0.0283 e. The van der Waals surface area contributed by atoms with Crippen molar-refractivity contribution in [3.05, 3.63) is 0 Å². The molecule has 0 heterocycles. The van der Waals surface area contributed by atoms with E-state index in [2.05, 4.69) is 12.3 Å². The van der Waals surface area contributed by atoms with Gasteiger partial charge in [0.2, 0.25) is 0 Å². The Balaban J connectivity index is 2.92. The number of rotatable bonds is 4. The molecule has 0 aliphatic rings. The first kappa shape index (κ1) is 7.88. The van der Waals surface area contributed by atoms with Crippen molar-refractivity contribution in [1.29, 1.82) is 0 Å². The van der Waals surface area contributed by atoms with E-state index in [1.165, 1.54) is 0 Å². The highest BCUT2D eigenvalue weighted by molar-refractivity contribution is 4.35. The van der Waals surface area contributed by atoms with Gasteiger partial charge in [-0.1, -0.05) is 13.8 Å². The summed E-state index contributed by atoms with van der Waals surface area (Å²) >= 11 is 0. The Kier molecular flexibility index (Phi) is 4.95. The van der Waals surface area contributed by atoms with Crippen molar-refractivity contribution < 1.29 is 0 Å². The maximum atomic E-state index is 5.42. The second-order valence-electron chi connectivity index (χ2n) is 1.71. The molecule has 0 aliphatic heterocycles. The zero-order valence-electron chi connectivity index (χ0n) is 5.65. The first-order valence-electron chi connectivity index (χ1n) is 3.07. The summed E-state index contributed by atoms with van der Waals surface area (Å²) in [5.41, 5.74) is 2.96. The molecular weight excluding hydrogens is 102 g/mol. The van der Waals surface area contributed by atoms with E-state index >= 15 is 0 Å². The first-order valence-corrected chi connectivity index (χ1v) is 3.07. The molecular formula is C5H15N3. The van der Waals surface area contributed by atoms with Crippen LogP contribution in [0.3, 0.4) is 0 Å². The van der Waals surface area contributed by atoms with Gasteiger partial charge in [0.1, 0.15) is 0 Å². The van der Waals surface area contributed by atoms with Crippen LogP contribution >= 0.6 is 0 Å². The van der Waals surface area contributed by atoms with Gasteiger partial charge in [-0.3, -0.25) is 5.84 Å². The topological polar surface area (TPSA) is 41.3 Å². The Labute approximate surface area is 50.8 Å². The zero-order valence-corrected chi connectivity index (χ0v) is 5.65. The van der Waals surface area contributed by atoms with Crippen molar-refractivity contribution >= 4 is 0 Å². The average molecular weight is 117 g/mol. The van der Waals surface area contributed by atoms with E-state index in [4.69, 9.17) is 5.84 Å². The molecule has 0 rings (SSSR count). The summed E-state index contributed by atoms with van der Waals surface area (Å²) in [6, 6.07) is 0. The van der Waals surface area contributed by atoms with Crippen LogP contribution in [-0.4, -0.2) is 18.2 Å². The van der Waals surface area contributed by atoms with Gasteiger partial charge in [0.05, 0.1) is 0 Å². The van der Waals surface area contributed by atoms with Gasteiger partial charge in [-0.2, -0.15) is 5.12 Å². The number of nitrogens with one attached hydrogen (secondary N) is 1. The lowest BCUT2D eigenvalue weighted by Gasteiger charge is -2.13. The molecule has 0 saturated heterocycles. The highest BCUT2D eigenvalue weighted by Gasteiger charge is 1.89. The van der Waals surface area contributed by atoms with Crippen LogP contribution in [-0.2, 0) is 0 Å². The lowest BCUT2D eigenvalue weighted by atomic mass is 10.5. The lowest BCUT2D eigenvalue weighted by molar-refractivity contribution is 0.197. The Morgan fingerprint density at radius 1 is 1.50 bits per heavy atom. The largest absolute Gasteiger partial charge is 0.255 e. The number of hydrogen-bond donors (Lipinski definition) is 2. The van der Waals surface area contributed by atoms with Crippen molar-refractivity contribution in [2.75, 3.05) is 13.1 Å². The third kappa shape index (κ3) is 4.05. The fourth-order valence-electron chi connectivity index (χ4n) is 0.523. The first-order chi connectivity index (χ1) is 3.81. The normalized spacial score (nSPS) is 10.5. The maximum Gasteiger partial charge on any atom is 0.0283 e. The standard InChI is InChI=1S/C5H15N3/c1-3-5-8(6)7-4-2/h7H,3-6H2,1-2H3. The summed E-state index contributed by atoms with van der Waals surface area (Å²) in [5.74, 6) is 5.42. The van der Waals surface area contributed by atoms with Gasteiger partial charge >= 0.3 is 0 Å². The van der Waals surface area contributed by atoms with E-state index in [1.54, 1.807) is 5.12 Å². The molecule has 0 spiro atoms. The number of hydrazine groups is 2. The molecule has 0 saturated carbocycles. The number of nitrogens with zero attached hydrogens (tertiary/aromatic N) is 1. The van der Waals surface area contributed by atoms with Crippen LogP contribution in [0.1, 0.15) is 20.3 Å². The molecule has 0 atom stereocenters. The molecule has 0 aromatic carbocycles. The molecule has 0 bridgehead atoms. The van der Waals surface area contributed by atoms with Crippen LogP contribution in [0.2, 0.25) is 0 Å². The Bertz CT molecular complexity index is 40.9. The summed E-state index contributed by atoms with van der Waals surface area (Å²) in [4.78, 5) is 0. The molecule has 0 aliphatic carbocycles. The molecule has 0 amide bonds. The fraction of sp³-hybridized carbons (Fsp3) is 1.00. The summed E-state index contributed by atoms with van der Waals surface area (Å²) in [6.07, 6.45) is 1.09. The minimum Gasteiger partial charge on any atom is -0.255 e. The van der Waals surface area contributed by atoms with Gasteiger partial charge in [-0.05, 0) is 6.42 Å². The molecule has 50 valence electrons. The van der Waals surface area contributed by atoms with Crippen LogP contribution in [0, 0.1) is 0 Å². The van der Waals surface area contributed by atoms with Crippen LogP contribution in [0.25, 0.3) is 0 Å². The van der Waals surface area contributed by atoms with Gasteiger partial charge in [0.15, 0.2) is 0 Å². The second kappa shape index (κ2) is 5.03. The van der Waals surface area contributed by atoms with E-state index in [1.807, 2.05) is 6.92 Å². The van der Waals surface area contributed by atoms with Crippen molar-refractivity contribution in [3.8, 4) is 0 Å². The zero-order chi connectivity index (χ0) is 6.41. The van der Waals surface area contributed by atoms with E-state index < -0.39 is 0 Å². The highest BCUT2D eigenvalue weighted by atomic mass is 15.7. The number of nitrogens with two attached hydrogens (primary N) is 1. The Hall–Kier alpha value is -0.120. The summed E-state index contributed by atoms with van der Waals surface area (Å²) < 4.78 is 0. The Morgan fingerprint density at radius 2 is 2.12 bits per heavy atom. The van der Waals surface area contributed by atoms with E-state index in [0.29, 0.717) is 0 Å². The molecule has 0 radical (unpaired) electrons. The quantitative estimate of drug-likeness (QED) is 0.405. The third-order valence-electron chi connectivity index (χ3n) is 0.826. The molecule has 0 aromatic rings. The SMILES string of the molecule is CCCN(N)NCC. The van der Waals surface area contributed by atoms with E-state index in [0.717, 1.165) is 19.5 Å². The number of hydrogen-bond acceptors (Lipinski definition) is 3. The summed E-state index contributed by atoms with van der Waals surface area (Å²) in [7, 11) is 0. The minimum atomic E-state index is 0.899. The van der Waals surface area contributed by atoms with Crippen molar-refractivity contribution in [1.82, 2.24) is 10.5 Å². The molecule has 3 heteroatoms. The van der Waals surface area contributed by atoms with Crippen LogP contribution in [0.4, 0.5) is 0 Å². The van der Waals surface area contributed by atoms with E-state index in [-0.39, 0.29) is 0 Å². The maximum absolute atomic E-state index is 5.42. The second-order valence-corrected chi connectivity index (χ2v) is 1.71. The van der Waals surface area contributed by atoms with Gasteiger partial charge in [-0.25, -0.2) is 5.43 Å². The predicted octanol–water partition coefficient (Wildman–Crippen LogP) is 0.0966. The van der Waals surface area contributed by atoms with Crippen molar-refractivity contribution in [2.45, 2.75) is 20.3 Å². The molecule has 3 N–H and O–H groups in total. The fourth-order valence-corrected chi connectivity index (χ4v) is 0.523. The minimum absolute atomic E-state index is 0.899. The summed E-state index contributed by atoms with van der Waals surface area (Å²) in [5, 5.41) is 1.61. The van der Waals surface area contributed by atoms with Crippen molar-refractivity contribution in [2.24, 2.45) is 5.84 Å². The van der Waals surface area contributed by atoms with Gasteiger partial charge in [0.25, 0.3) is 0 Å². The van der Waals surface area contributed by atoms with Crippen molar-refractivity contribution in [3.63, 3.8) is 0 Å². The molecule has 0 aromatic heterocycles. The van der Waals surface area contributed by atoms with Gasteiger partial charge in [-0.15, -0.1) is 0 Å². The average Bonchev–Trinajstić information content (AvgIpc) is 1.68. The third-order valence-corrected chi connectivity index (χ3v) is 0.826. The highest BCUT2D eigenvalue weighted by Crippen LogP contribution is 1.74. The molecule has 3 nitrogen and oxygen atoms in total. The van der Waals surface area contributed by atoms with Crippen LogP contribution in [0.15, 0.2) is 0 Å². The van der Waals surface area contributed by atoms with E-state index in [9.17, 15) is 0 Å². The van der Waals surface area contributed by atoms with Gasteiger partial charge in [0, 0.05) is 13.1 Å². The van der Waals surface area contributed by atoms with Crippen LogP contribution in [0.5, 0.6) is 0 Å². The predicted molar refractivity (Wildman–Crippen MR) is 34.9 cm³/mol. The summed E-state index contributed by atoms with van der Waals surface area (Å²) in [6.45, 7) is 5.93. The molecule has 0 fully saturated rings. The molecule has 0 unspecified atom stereocenters. The molecule has 8 heavy (non-hydrogen) atoms. The van der Waals surface area contributed by atoms with Gasteiger partial charge < -0.3 is 0 Å². The Morgan fingerprint density at radius 3 is 2.50 bits per heavy atom.